The van der Waals surface area contributed by atoms with Gasteiger partial charge in [0.2, 0.25) is 0 Å². The van der Waals surface area contributed by atoms with Gasteiger partial charge in [-0.1, -0.05) is 29.8 Å². The topological polar surface area (TPSA) is 72.9 Å². The van der Waals surface area contributed by atoms with Gasteiger partial charge < -0.3 is 5.11 Å². The number of rotatable bonds is 9. The summed E-state index contributed by atoms with van der Waals surface area (Å²) in [6, 6.07) is 19.8. The second kappa shape index (κ2) is 12.3. The van der Waals surface area contributed by atoms with E-state index in [-0.39, 0.29) is 18.8 Å². The van der Waals surface area contributed by atoms with Crippen molar-refractivity contribution < 1.29 is 18.3 Å². The number of aromatic nitrogens is 4. The van der Waals surface area contributed by atoms with Crippen molar-refractivity contribution in [2.24, 2.45) is 0 Å². The number of aliphatic hydroxyl groups is 1. The number of halogens is 4. The summed E-state index contributed by atoms with van der Waals surface area (Å²) in [5.41, 5.74) is 1.77. The molecular formula is C29H24ClF3N4O2S2. The lowest BCUT2D eigenvalue weighted by molar-refractivity contribution is -0.137. The third-order valence-electron chi connectivity index (χ3n) is 6.33. The Morgan fingerprint density at radius 3 is 2.29 bits per heavy atom. The second-order valence-electron chi connectivity index (χ2n) is 9.10. The molecule has 0 spiro atoms. The van der Waals surface area contributed by atoms with Crippen LogP contribution < -0.4 is 5.56 Å². The van der Waals surface area contributed by atoms with Crippen LogP contribution in [0.15, 0.2) is 87.4 Å². The van der Waals surface area contributed by atoms with Crippen molar-refractivity contribution in [1.82, 2.24) is 19.6 Å². The molecule has 41 heavy (non-hydrogen) atoms. The quantitative estimate of drug-likeness (QED) is 0.140. The molecule has 6 nitrogen and oxygen atoms in total. The summed E-state index contributed by atoms with van der Waals surface area (Å²) >= 11 is 9.94. The number of fused-ring (bicyclic) bond motifs is 1. The number of alkyl halides is 3. The molecule has 0 bridgehead atoms. The van der Waals surface area contributed by atoms with Crippen LogP contribution in [-0.4, -0.2) is 43.3 Å². The summed E-state index contributed by atoms with van der Waals surface area (Å²) in [5, 5.41) is 18.7. The van der Waals surface area contributed by atoms with E-state index in [1.165, 1.54) is 16.8 Å². The molecule has 0 aromatic heterocycles. The van der Waals surface area contributed by atoms with Crippen LogP contribution in [0.2, 0.25) is 5.02 Å². The fourth-order valence-corrected chi connectivity index (χ4v) is 5.85. The minimum atomic E-state index is -4.44. The Morgan fingerprint density at radius 1 is 0.951 bits per heavy atom. The normalized spacial score (nSPS) is 11.9. The van der Waals surface area contributed by atoms with Gasteiger partial charge in [-0.3, -0.25) is 4.79 Å². The fourth-order valence-electron chi connectivity index (χ4n) is 4.23. The van der Waals surface area contributed by atoms with Crippen molar-refractivity contribution in [2.45, 2.75) is 28.9 Å². The maximum atomic E-state index is 13.3. The zero-order valence-corrected chi connectivity index (χ0v) is 24.1. The van der Waals surface area contributed by atoms with Crippen LogP contribution >= 0.6 is 35.1 Å². The molecule has 212 valence electrons. The average molecular weight is 617 g/mol. The highest BCUT2D eigenvalue weighted by molar-refractivity contribution is 7.99. The van der Waals surface area contributed by atoms with Gasteiger partial charge >= 0.3 is 6.18 Å². The Labute approximate surface area is 247 Å². The second-order valence-corrected chi connectivity index (χ2v) is 11.6. The monoisotopic (exact) mass is 616 g/mol. The standard InChI is InChI=1S/C29H24ClF3N4O2S2/c1-40-21-9-7-20(8-10-21)37-26(23-12-11-22(15-24(23)30)41-14-2-13-38)16-25-27(35-37)28(39)36(34-25)17-18-3-5-19(6-4-18)29(31,32)33/h3-12,15-16,38H,2,13-14,17H2,1H3. The third kappa shape index (κ3) is 6.48. The number of hydrogen-bond acceptors (Lipinski definition) is 6. The van der Waals surface area contributed by atoms with Gasteiger partial charge in [0, 0.05) is 27.7 Å². The molecule has 12 heteroatoms. The van der Waals surface area contributed by atoms with E-state index < -0.39 is 17.3 Å². The molecule has 0 aliphatic carbocycles. The Kier molecular flexibility index (Phi) is 8.79. The first-order valence-electron chi connectivity index (χ1n) is 12.5. The Bertz CT molecular complexity index is 1690. The van der Waals surface area contributed by atoms with Gasteiger partial charge in [-0.05, 0) is 72.8 Å². The van der Waals surface area contributed by atoms with E-state index in [1.807, 2.05) is 48.7 Å². The summed E-state index contributed by atoms with van der Waals surface area (Å²) in [6.45, 7) is 0.110. The predicted molar refractivity (Wildman–Crippen MR) is 157 cm³/mol. The summed E-state index contributed by atoms with van der Waals surface area (Å²) in [5.74, 6) is 0.754. The lowest BCUT2D eigenvalue weighted by Gasteiger charge is -2.16. The SMILES string of the molecule is CSc1ccc(-n2nc3c(=O)n(Cc4ccc(C(F)(F)F)cc4)nc-3cc2-c2ccc(SCCCO)cc2Cl)cc1. The number of aliphatic hydroxyl groups excluding tert-OH is 1. The van der Waals surface area contributed by atoms with Gasteiger partial charge in [0.05, 0.1) is 28.5 Å². The van der Waals surface area contributed by atoms with E-state index >= 15 is 0 Å². The first-order chi connectivity index (χ1) is 19.7. The molecule has 0 saturated carbocycles. The first-order valence-corrected chi connectivity index (χ1v) is 15.1. The summed E-state index contributed by atoms with van der Waals surface area (Å²) in [7, 11) is 0. The predicted octanol–water partition coefficient (Wildman–Crippen LogP) is 7.12. The van der Waals surface area contributed by atoms with Crippen molar-refractivity contribution in [2.75, 3.05) is 18.6 Å². The Balaban J connectivity index is 1.59. The van der Waals surface area contributed by atoms with Gasteiger partial charge in [-0.15, -0.1) is 23.5 Å². The van der Waals surface area contributed by atoms with Crippen LogP contribution in [-0.2, 0) is 12.7 Å². The summed E-state index contributed by atoms with van der Waals surface area (Å²) < 4.78 is 41.8. The zero-order valence-electron chi connectivity index (χ0n) is 21.7. The van der Waals surface area contributed by atoms with Crippen LogP contribution in [0.3, 0.4) is 0 Å². The van der Waals surface area contributed by atoms with Crippen LogP contribution in [0.1, 0.15) is 17.5 Å². The van der Waals surface area contributed by atoms with Crippen molar-refractivity contribution >= 4 is 35.1 Å². The van der Waals surface area contributed by atoms with Crippen LogP contribution in [0.4, 0.5) is 13.2 Å². The zero-order chi connectivity index (χ0) is 29.1. The Morgan fingerprint density at radius 2 is 1.66 bits per heavy atom. The smallest absolute Gasteiger partial charge is 0.396 e. The number of nitrogens with zero attached hydrogens (tertiary/aromatic N) is 4. The van der Waals surface area contributed by atoms with E-state index in [1.54, 1.807) is 34.3 Å². The average Bonchev–Trinajstić information content (AvgIpc) is 3.26. The van der Waals surface area contributed by atoms with Crippen LogP contribution in [0.25, 0.3) is 28.3 Å². The molecule has 2 aliphatic rings. The maximum absolute atomic E-state index is 13.3. The summed E-state index contributed by atoms with van der Waals surface area (Å²) in [6.07, 6.45) is -1.79. The Hall–Kier alpha value is -3.25. The largest absolute Gasteiger partial charge is 0.416 e. The molecule has 2 heterocycles. The molecule has 0 radical (unpaired) electrons. The minimum absolute atomic E-state index is 0.00833. The highest BCUT2D eigenvalue weighted by atomic mass is 35.5. The van der Waals surface area contributed by atoms with Gasteiger partial charge in [0.25, 0.3) is 5.56 Å². The number of hydrogen-bond donors (Lipinski definition) is 1. The lowest BCUT2D eigenvalue weighted by Crippen LogP contribution is -2.19. The fraction of sp³-hybridized carbons (Fsp3) is 0.207. The van der Waals surface area contributed by atoms with Gasteiger partial charge in [0.15, 0.2) is 5.69 Å². The van der Waals surface area contributed by atoms with E-state index in [9.17, 15) is 18.0 Å². The van der Waals surface area contributed by atoms with E-state index in [0.29, 0.717) is 39.6 Å². The van der Waals surface area contributed by atoms with Crippen LogP contribution in [0, 0.1) is 0 Å². The molecule has 5 rings (SSSR count). The molecular weight excluding hydrogens is 593 g/mol. The van der Waals surface area contributed by atoms with Gasteiger partial charge in [-0.2, -0.15) is 23.4 Å². The molecule has 0 amide bonds. The lowest BCUT2D eigenvalue weighted by atomic mass is 10.1. The molecule has 0 fully saturated rings. The highest BCUT2D eigenvalue weighted by Crippen LogP contribution is 2.35. The maximum Gasteiger partial charge on any atom is 0.416 e. The molecule has 0 unspecified atom stereocenters. The first kappa shape index (κ1) is 29.2. The van der Waals surface area contributed by atoms with E-state index in [0.717, 1.165) is 27.7 Å². The van der Waals surface area contributed by atoms with Crippen molar-refractivity contribution in [1.29, 1.82) is 0 Å². The molecule has 0 saturated heterocycles. The minimum Gasteiger partial charge on any atom is -0.396 e. The summed E-state index contributed by atoms with van der Waals surface area (Å²) in [4.78, 5) is 15.3. The van der Waals surface area contributed by atoms with Gasteiger partial charge in [0.1, 0.15) is 5.69 Å². The third-order valence-corrected chi connectivity index (χ3v) is 8.46. The highest BCUT2D eigenvalue weighted by Gasteiger charge is 2.30. The molecule has 3 aromatic rings. The number of thioether (sulfide) groups is 2. The molecule has 0 atom stereocenters. The van der Waals surface area contributed by atoms with Gasteiger partial charge in [-0.25, -0.2) is 9.36 Å². The van der Waals surface area contributed by atoms with Crippen molar-refractivity contribution in [3.8, 4) is 28.3 Å². The molecule has 1 N–H and O–H groups in total. The van der Waals surface area contributed by atoms with Crippen molar-refractivity contribution in [3.63, 3.8) is 0 Å². The van der Waals surface area contributed by atoms with Crippen LogP contribution in [0.5, 0.6) is 0 Å². The number of benzene rings is 3. The molecule has 2 aliphatic heterocycles. The van der Waals surface area contributed by atoms with Crippen molar-refractivity contribution in [3.05, 3.63) is 99.3 Å². The molecule has 3 aromatic carbocycles. The van der Waals surface area contributed by atoms with E-state index in [4.69, 9.17) is 16.7 Å². The van der Waals surface area contributed by atoms with E-state index in [2.05, 4.69) is 10.2 Å².